The van der Waals surface area contributed by atoms with Gasteiger partial charge in [0.15, 0.2) is 0 Å². The van der Waals surface area contributed by atoms with Gasteiger partial charge < -0.3 is 10.1 Å². The van der Waals surface area contributed by atoms with Gasteiger partial charge in [0, 0.05) is 25.3 Å². The second-order valence-electron chi connectivity index (χ2n) is 5.59. The fourth-order valence-electron chi connectivity index (χ4n) is 2.90. The second-order valence-corrected chi connectivity index (χ2v) is 5.59. The van der Waals surface area contributed by atoms with E-state index in [1.165, 1.54) is 32.4 Å². The van der Waals surface area contributed by atoms with E-state index in [-0.39, 0.29) is 5.54 Å². The fraction of sp³-hybridized carbons (Fsp3) is 1.00. The van der Waals surface area contributed by atoms with E-state index in [0.717, 1.165) is 19.6 Å². The number of likely N-dealkylation sites (tertiary alicyclic amines) is 1. The average molecular weight is 242 g/mol. The van der Waals surface area contributed by atoms with Crippen LogP contribution in [0, 0.1) is 0 Å². The third kappa shape index (κ3) is 4.23. The molecule has 1 saturated heterocycles. The van der Waals surface area contributed by atoms with E-state index < -0.39 is 0 Å². The summed E-state index contributed by atoms with van der Waals surface area (Å²) in [6.07, 6.45) is 5.07. The molecule has 0 radical (unpaired) electrons. The normalized spacial score (nSPS) is 19.8. The van der Waals surface area contributed by atoms with Crippen LogP contribution in [-0.4, -0.2) is 49.8 Å². The first kappa shape index (κ1) is 14.9. The van der Waals surface area contributed by atoms with Gasteiger partial charge in [-0.2, -0.15) is 0 Å². The maximum absolute atomic E-state index is 5.17. The first-order valence-corrected chi connectivity index (χ1v) is 7.10. The molecule has 1 aliphatic heterocycles. The highest BCUT2D eigenvalue weighted by Gasteiger charge is 2.35. The van der Waals surface area contributed by atoms with Crippen LogP contribution in [-0.2, 0) is 4.74 Å². The quantitative estimate of drug-likeness (QED) is 0.661. The number of hydrogen-bond acceptors (Lipinski definition) is 3. The Morgan fingerprint density at radius 1 is 1.29 bits per heavy atom. The van der Waals surface area contributed by atoms with Gasteiger partial charge in [0.2, 0.25) is 0 Å². The van der Waals surface area contributed by atoms with E-state index in [1.54, 1.807) is 7.11 Å². The van der Waals surface area contributed by atoms with Crippen molar-refractivity contribution in [2.24, 2.45) is 0 Å². The molecule has 0 saturated carbocycles. The summed E-state index contributed by atoms with van der Waals surface area (Å²) >= 11 is 0. The second kappa shape index (κ2) is 7.34. The number of nitrogens with zero attached hydrogens (tertiary/aromatic N) is 1. The summed E-state index contributed by atoms with van der Waals surface area (Å²) in [7, 11) is 1.79. The first-order chi connectivity index (χ1) is 8.12. The fourth-order valence-corrected chi connectivity index (χ4v) is 2.90. The van der Waals surface area contributed by atoms with Crippen molar-refractivity contribution in [1.82, 2.24) is 10.2 Å². The van der Waals surface area contributed by atoms with Crippen molar-refractivity contribution in [1.29, 1.82) is 0 Å². The number of ether oxygens (including phenoxy) is 1. The Kier molecular flexibility index (Phi) is 6.45. The molecular formula is C14H30N2O. The molecule has 1 heterocycles. The lowest BCUT2D eigenvalue weighted by Crippen LogP contribution is -2.56. The minimum Gasteiger partial charge on any atom is -0.385 e. The van der Waals surface area contributed by atoms with Crippen LogP contribution in [0.2, 0.25) is 0 Å². The van der Waals surface area contributed by atoms with E-state index in [2.05, 4.69) is 31.0 Å². The van der Waals surface area contributed by atoms with Crippen LogP contribution in [0.1, 0.15) is 46.5 Å². The topological polar surface area (TPSA) is 24.5 Å². The SMILES string of the molecule is CCNC(CCCOC)C(C)(C)N1CCCC1. The van der Waals surface area contributed by atoms with E-state index in [9.17, 15) is 0 Å². The van der Waals surface area contributed by atoms with Crippen molar-refractivity contribution in [3.63, 3.8) is 0 Å². The zero-order valence-corrected chi connectivity index (χ0v) is 12.1. The minimum absolute atomic E-state index is 0.264. The van der Waals surface area contributed by atoms with E-state index in [1.807, 2.05) is 0 Å². The summed E-state index contributed by atoms with van der Waals surface area (Å²) in [5.41, 5.74) is 0.264. The Morgan fingerprint density at radius 3 is 2.47 bits per heavy atom. The van der Waals surface area contributed by atoms with Gasteiger partial charge in [-0.15, -0.1) is 0 Å². The smallest absolute Gasteiger partial charge is 0.0462 e. The zero-order chi connectivity index (χ0) is 12.7. The standard InChI is InChI=1S/C14H30N2O/c1-5-15-13(9-8-12-17-4)14(2,3)16-10-6-7-11-16/h13,15H,5-12H2,1-4H3. The summed E-state index contributed by atoms with van der Waals surface area (Å²) in [6, 6.07) is 0.570. The molecule has 102 valence electrons. The third-order valence-electron chi connectivity index (χ3n) is 4.07. The molecule has 1 fully saturated rings. The molecule has 0 spiro atoms. The van der Waals surface area contributed by atoms with Crippen LogP contribution in [0.5, 0.6) is 0 Å². The van der Waals surface area contributed by atoms with Crippen LogP contribution in [0.15, 0.2) is 0 Å². The van der Waals surface area contributed by atoms with Gasteiger partial charge in [0.25, 0.3) is 0 Å². The number of methoxy groups -OCH3 is 1. The van der Waals surface area contributed by atoms with Crippen molar-refractivity contribution in [2.75, 3.05) is 33.4 Å². The Balaban J connectivity index is 2.52. The Labute approximate surface area is 107 Å². The van der Waals surface area contributed by atoms with Crippen molar-refractivity contribution in [3.05, 3.63) is 0 Å². The highest BCUT2D eigenvalue weighted by molar-refractivity contribution is 4.95. The average Bonchev–Trinajstić information content (AvgIpc) is 2.82. The highest BCUT2D eigenvalue weighted by Crippen LogP contribution is 2.26. The van der Waals surface area contributed by atoms with Crippen molar-refractivity contribution >= 4 is 0 Å². The van der Waals surface area contributed by atoms with Crippen LogP contribution in [0.25, 0.3) is 0 Å². The predicted molar refractivity (Wildman–Crippen MR) is 73.5 cm³/mol. The molecule has 1 rings (SSSR count). The number of hydrogen-bond donors (Lipinski definition) is 1. The molecule has 0 aromatic rings. The zero-order valence-electron chi connectivity index (χ0n) is 12.1. The lowest BCUT2D eigenvalue weighted by atomic mass is 9.89. The van der Waals surface area contributed by atoms with Crippen molar-refractivity contribution in [2.45, 2.75) is 58.0 Å². The largest absolute Gasteiger partial charge is 0.385 e. The number of rotatable bonds is 8. The predicted octanol–water partition coefficient (Wildman–Crippen LogP) is 2.27. The maximum Gasteiger partial charge on any atom is 0.0462 e. The molecule has 0 aromatic carbocycles. The van der Waals surface area contributed by atoms with Gasteiger partial charge in [-0.1, -0.05) is 6.92 Å². The minimum atomic E-state index is 0.264. The molecule has 3 heteroatoms. The van der Waals surface area contributed by atoms with Crippen LogP contribution in [0.3, 0.4) is 0 Å². The molecule has 0 amide bonds. The molecule has 17 heavy (non-hydrogen) atoms. The van der Waals surface area contributed by atoms with E-state index in [4.69, 9.17) is 4.74 Å². The van der Waals surface area contributed by atoms with Gasteiger partial charge in [-0.05, 0) is 59.2 Å². The first-order valence-electron chi connectivity index (χ1n) is 7.10. The molecule has 0 bridgehead atoms. The molecule has 0 aromatic heterocycles. The number of likely N-dealkylation sites (N-methyl/N-ethyl adjacent to an activating group) is 1. The Bertz CT molecular complexity index is 200. The van der Waals surface area contributed by atoms with Crippen LogP contribution in [0.4, 0.5) is 0 Å². The molecule has 1 atom stereocenters. The lowest BCUT2D eigenvalue weighted by molar-refractivity contribution is 0.0957. The van der Waals surface area contributed by atoms with Gasteiger partial charge >= 0.3 is 0 Å². The van der Waals surface area contributed by atoms with Crippen molar-refractivity contribution < 1.29 is 4.74 Å². The van der Waals surface area contributed by atoms with Crippen molar-refractivity contribution in [3.8, 4) is 0 Å². The summed E-state index contributed by atoms with van der Waals surface area (Å²) in [6.45, 7) is 11.4. The van der Waals surface area contributed by atoms with Gasteiger partial charge in [0.1, 0.15) is 0 Å². The third-order valence-corrected chi connectivity index (χ3v) is 4.07. The van der Waals surface area contributed by atoms with Crippen LogP contribution < -0.4 is 5.32 Å². The molecule has 1 aliphatic rings. The lowest BCUT2D eigenvalue weighted by Gasteiger charge is -2.42. The molecular weight excluding hydrogens is 212 g/mol. The number of nitrogens with one attached hydrogen (secondary N) is 1. The maximum atomic E-state index is 5.17. The summed E-state index contributed by atoms with van der Waals surface area (Å²) < 4.78 is 5.17. The molecule has 3 nitrogen and oxygen atoms in total. The van der Waals surface area contributed by atoms with Gasteiger partial charge in [0.05, 0.1) is 0 Å². The monoisotopic (exact) mass is 242 g/mol. The summed E-state index contributed by atoms with van der Waals surface area (Å²) in [5, 5.41) is 3.66. The van der Waals surface area contributed by atoms with E-state index in [0.29, 0.717) is 6.04 Å². The van der Waals surface area contributed by atoms with E-state index >= 15 is 0 Å². The summed E-state index contributed by atoms with van der Waals surface area (Å²) in [5.74, 6) is 0. The van der Waals surface area contributed by atoms with Gasteiger partial charge in [-0.3, -0.25) is 4.90 Å². The van der Waals surface area contributed by atoms with Crippen LogP contribution >= 0.6 is 0 Å². The summed E-state index contributed by atoms with van der Waals surface area (Å²) in [4.78, 5) is 2.65. The highest BCUT2D eigenvalue weighted by atomic mass is 16.5. The molecule has 1 N–H and O–H groups in total. The molecule has 0 aliphatic carbocycles. The molecule has 1 unspecified atom stereocenters. The Hall–Kier alpha value is -0.120. The van der Waals surface area contributed by atoms with Gasteiger partial charge in [-0.25, -0.2) is 0 Å². The Morgan fingerprint density at radius 2 is 1.94 bits per heavy atom.